The van der Waals surface area contributed by atoms with Gasteiger partial charge >= 0.3 is 0 Å². The molecule has 0 aliphatic carbocycles. The molecule has 0 rings (SSSR count). The van der Waals surface area contributed by atoms with Crippen molar-refractivity contribution in [2.24, 2.45) is 0 Å². The molecular formula is C15H23. The molecule has 0 unspecified atom stereocenters. The average Bonchev–Trinajstić information content (AvgIpc) is 2.26. The van der Waals surface area contributed by atoms with E-state index >= 15 is 0 Å². The Morgan fingerprint density at radius 1 is 0.800 bits per heavy atom. The van der Waals surface area contributed by atoms with Gasteiger partial charge in [0.1, 0.15) is 0 Å². The molecule has 0 aliphatic heterocycles. The van der Waals surface area contributed by atoms with Gasteiger partial charge in [0.15, 0.2) is 0 Å². The Bertz CT molecular complexity index is 228. The van der Waals surface area contributed by atoms with Gasteiger partial charge in [0.05, 0.1) is 0 Å². The van der Waals surface area contributed by atoms with Crippen LogP contribution in [0.2, 0.25) is 0 Å². The lowest BCUT2D eigenvalue weighted by molar-refractivity contribution is 0.614. The third-order valence-corrected chi connectivity index (χ3v) is 2.20. The van der Waals surface area contributed by atoms with Crippen LogP contribution in [0.4, 0.5) is 0 Å². The van der Waals surface area contributed by atoms with E-state index in [0.717, 1.165) is 19.3 Å². The van der Waals surface area contributed by atoms with Gasteiger partial charge < -0.3 is 0 Å². The van der Waals surface area contributed by atoms with Gasteiger partial charge in [0.25, 0.3) is 0 Å². The Morgan fingerprint density at radius 2 is 1.40 bits per heavy atom. The van der Waals surface area contributed by atoms with Crippen LogP contribution in [0.25, 0.3) is 0 Å². The maximum absolute atomic E-state index is 3.72. The fourth-order valence-electron chi connectivity index (χ4n) is 1.30. The van der Waals surface area contributed by atoms with Crippen LogP contribution in [0.5, 0.6) is 0 Å². The molecule has 0 amide bonds. The summed E-state index contributed by atoms with van der Waals surface area (Å²) in [4.78, 5) is 0. The standard InChI is InChI=1S/C15H23/c1-3-5-7-9-11-13-15-14-12-10-8-6-4-2/h1,3-6,8,10,12,14-15H2,2H3. The molecule has 83 valence electrons. The Kier molecular flexibility index (Phi) is 12.4. The van der Waals surface area contributed by atoms with Crippen molar-refractivity contribution in [1.82, 2.24) is 0 Å². The highest BCUT2D eigenvalue weighted by Crippen LogP contribution is 2.05. The molecule has 1 radical (unpaired) electrons. The molecule has 0 nitrogen and oxygen atoms in total. The fourth-order valence-corrected chi connectivity index (χ4v) is 1.30. The SMILES string of the molecule is [CH2]CCC#CC#CCCCCCCCC. The summed E-state index contributed by atoms with van der Waals surface area (Å²) in [5.41, 5.74) is 0. The lowest BCUT2D eigenvalue weighted by Gasteiger charge is -1.96. The number of unbranched alkanes of at least 4 members (excludes halogenated alkanes) is 7. The predicted octanol–water partition coefficient (Wildman–Crippen LogP) is 4.36. The van der Waals surface area contributed by atoms with Crippen LogP contribution < -0.4 is 0 Å². The van der Waals surface area contributed by atoms with Gasteiger partial charge in [-0.25, -0.2) is 0 Å². The van der Waals surface area contributed by atoms with Crippen molar-refractivity contribution in [2.45, 2.75) is 64.7 Å². The minimum atomic E-state index is 0.867. The van der Waals surface area contributed by atoms with Gasteiger partial charge in [-0.2, -0.15) is 0 Å². The van der Waals surface area contributed by atoms with Crippen molar-refractivity contribution in [1.29, 1.82) is 0 Å². The van der Waals surface area contributed by atoms with E-state index in [4.69, 9.17) is 0 Å². The predicted molar refractivity (Wildman–Crippen MR) is 68.1 cm³/mol. The molecule has 0 heteroatoms. The van der Waals surface area contributed by atoms with Gasteiger partial charge in [-0.15, -0.1) is 0 Å². The van der Waals surface area contributed by atoms with E-state index in [1.165, 1.54) is 38.5 Å². The van der Waals surface area contributed by atoms with Crippen molar-refractivity contribution in [2.75, 3.05) is 0 Å². The molecule has 0 bridgehead atoms. The molecule has 0 aromatic heterocycles. The lowest BCUT2D eigenvalue weighted by Crippen LogP contribution is -1.77. The topological polar surface area (TPSA) is 0 Å². The van der Waals surface area contributed by atoms with Crippen molar-refractivity contribution < 1.29 is 0 Å². The molecule has 0 aromatic carbocycles. The molecule has 0 atom stereocenters. The van der Waals surface area contributed by atoms with Crippen molar-refractivity contribution >= 4 is 0 Å². The summed E-state index contributed by atoms with van der Waals surface area (Å²) in [5.74, 6) is 11.8. The molecule has 0 fully saturated rings. The van der Waals surface area contributed by atoms with Crippen LogP contribution in [-0.2, 0) is 0 Å². The fraction of sp³-hybridized carbons (Fsp3) is 0.667. The average molecular weight is 203 g/mol. The third-order valence-electron chi connectivity index (χ3n) is 2.20. The normalized spacial score (nSPS) is 8.67. The number of hydrogen-bond donors (Lipinski definition) is 0. The lowest BCUT2D eigenvalue weighted by atomic mass is 10.1. The Labute approximate surface area is 95.8 Å². The molecule has 0 spiro atoms. The van der Waals surface area contributed by atoms with Crippen LogP contribution in [0.15, 0.2) is 0 Å². The number of hydrogen-bond acceptors (Lipinski definition) is 0. The second-order valence-corrected chi connectivity index (χ2v) is 3.72. The third kappa shape index (κ3) is 13.1. The molecule has 0 heterocycles. The van der Waals surface area contributed by atoms with Crippen molar-refractivity contribution in [3.05, 3.63) is 6.92 Å². The minimum Gasteiger partial charge on any atom is -0.0891 e. The zero-order chi connectivity index (χ0) is 11.2. The summed E-state index contributed by atoms with van der Waals surface area (Å²) < 4.78 is 0. The summed E-state index contributed by atoms with van der Waals surface area (Å²) >= 11 is 0. The van der Waals surface area contributed by atoms with E-state index in [0.29, 0.717) is 0 Å². The van der Waals surface area contributed by atoms with Crippen molar-refractivity contribution in [3.63, 3.8) is 0 Å². The first-order valence-corrected chi connectivity index (χ1v) is 6.16. The van der Waals surface area contributed by atoms with E-state index in [-0.39, 0.29) is 0 Å². The van der Waals surface area contributed by atoms with Crippen LogP contribution in [0, 0.1) is 30.6 Å². The molecule has 0 saturated heterocycles. The highest BCUT2D eigenvalue weighted by molar-refractivity contribution is 5.25. The summed E-state index contributed by atoms with van der Waals surface area (Å²) in [6, 6.07) is 0. The Morgan fingerprint density at radius 3 is 2.07 bits per heavy atom. The Hall–Kier alpha value is -0.880. The molecule has 0 N–H and O–H groups in total. The number of rotatable bonds is 7. The summed E-state index contributed by atoms with van der Waals surface area (Å²) in [7, 11) is 0. The maximum Gasteiger partial charge on any atom is 0.00989 e. The molecule has 0 saturated carbocycles. The second kappa shape index (κ2) is 13.1. The van der Waals surface area contributed by atoms with Gasteiger partial charge in [-0.05, 0) is 24.7 Å². The van der Waals surface area contributed by atoms with E-state index in [9.17, 15) is 0 Å². The second-order valence-electron chi connectivity index (χ2n) is 3.72. The summed E-state index contributed by atoms with van der Waals surface area (Å²) in [6.45, 7) is 5.96. The maximum atomic E-state index is 3.72. The summed E-state index contributed by atoms with van der Waals surface area (Å²) in [5, 5.41) is 0. The summed E-state index contributed by atoms with van der Waals surface area (Å²) in [6.07, 6.45) is 10.7. The largest absolute Gasteiger partial charge is 0.0891 e. The van der Waals surface area contributed by atoms with E-state index in [1.54, 1.807) is 0 Å². The first kappa shape index (κ1) is 14.1. The van der Waals surface area contributed by atoms with Gasteiger partial charge in [-0.3, -0.25) is 0 Å². The van der Waals surface area contributed by atoms with Crippen LogP contribution in [0.3, 0.4) is 0 Å². The Balaban J connectivity index is 3.20. The van der Waals surface area contributed by atoms with E-state index < -0.39 is 0 Å². The first-order valence-electron chi connectivity index (χ1n) is 6.16. The zero-order valence-corrected chi connectivity index (χ0v) is 10.1. The van der Waals surface area contributed by atoms with E-state index in [2.05, 4.69) is 37.5 Å². The minimum absolute atomic E-state index is 0.867. The van der Waals surface area contributed by atoms with Crippen LogP contribution in [0.1, 0.15) is 64.7 Å². The smallest absolute Gasteiger partial charge is 0.00989 e. The zero-order valence-electron chi connectivity index (χ0n) is 10.1. The molecule has 0 aliphatic rings. The highest BCUT2D eigenvalue weighted by atomic mass is 13.9. The van der Waals surface area contributed by atoms with Crippen LogP contribution in [-0.4, -0.2) is 0 Å². The molecule has 0 aromatic rings. The first-order chi connectivity index (χ1) is 7.41. The van der Waals surface area contributed by atoms with Gasteiger partial charge in [-0.1, -0.05) is 57.8 Å². The van der Waals surface area contributed by atoms with Crippen molar-refractivity contribution in [3.8, 4) is 23.7 Å². The molecular weight excluding hydrogens is 180 g/mol. The van der Waals surface area contributed by atoms with Gasteiger partial charge in [0.2, 0.25) is 0 Å². The van der Waals surface area contributed by atoms with Crippen LogP contribution >= 0.6 is 0 Å². The molecule has 15 heavy (non-hydrogen) atoms. The van der Waals surface area contributed by atoms with E-state index in [1.807, 2.05) is 0 Å². The highest BCUT2D eigenvalue weighted by Gasteiger charge is 1.87. The quantitative estimate of drug-likeness (QED) is 0.426. The monoisotopic (exact) mass is 203 g/mol. The van der Waals surface area contributed by atoms with Gasteiger partial charge in [0, 0.05) is 12.8 Å².